The lowest BCUT2D eigenvalue weighted by Gasteiger charge is -2.08. The van der Waals surface area contributed by atoms with Crippen LogP contribution in [0.15, 0.2) is 53.0 Å². The Morgan fingerprint density at radius 3 is 1.74 bits per heavy atom. The van der Waals surface area contributed by atoms with Crippen molar-refractivity contribution in [2.45, 2.75) is 0 Å². The molecule has 2 rings (SSSR count). The summed E-state index contributed by atoms with van der Waals surface area (Å²) >= 11 is 3.32. The molecule has 0 aromatic heterocycles. The van der Waals surface area contributed by atoms with Crippen molar-refractivity contribution < 1.29 is 14.3 Å². The molecule has 0 aliphatic heterocycles. The minimum Gasteiger partial charge on any atom is -0.497 e. The molecule has 0 atom stereocenters. The van der Waals surface area contributed by atoms with E-state index in [9.17, 15) is 9.59 Å². The van der Waals surface area contributed by atoms with Gasteiger partial charge in [0.1, 0.15) is 5.75 Å². The monoisotopic (exact) mass is 376 g/mol. The number of hydrogen-bond donors (Lipinski definition) is 2. The molecule has 0 saturated heterocycles. The van der Waals surface area contributed by atoms with Crippen molar-refractivity contribution in [3.63, 3.8) is 0 Å². The summed E-state index contributed by atoms with van der Waals surface area (Å²) in [5.41, 5.74) is 1.12. The first-order valence-electron chi connectivity index (χ1n) is 7.06. The fourth-order valence-corrected chi connectivity index (χ4v) is 2.16. The van der Waals surface area contributed by atoms with Crippen LogP contribution in [0.2, 0.25) is 0 Å². The predicted molar refractivity (Wildman–Crippen MR) is 91.8 cm³/mol. The van der Waals surface area contributed by atoms with Crippen LogP contribution in [0.5, 0.6) is 5.75 Å². The average Bonchev–Trinajstić information content (AvgIpc) is 2.59. The molecule has 0 bridgehead atoms. The smallest absolute Gasteiger partial charge is 0.251 e. The second kappa shape index (κ2) is 8.33. The van der Waals surface area contributed by atoms with Gasteiger partial charge in [0.2, 0.25) is 0 Å². The zero-order chi connectivity index (χ0) is 16.7. The number of halogens is 1. The average molecular weight is 377 g/mol. The third kappa shape index (κ3) is 5.10. The van der Waals surface area contributed by atoms with Crippen LogP contribution >= 0.6 is 15.9 Å². The van der Waals surface area contributed by atoms with E-state index in [1.165, 1.54) is 0 Å². The summed E-state index contributed by atoms with van der Waals surface area (Å²) in [6, 6.07) is 13.9. The molecule has 2 amide bonds. The van der Waals surface area contributed by atoms with Gasteiger partial charge in [-0.15, -0.1) is 0 Å². The molecule has 2 aromatic carbocycles. The van der Waals surface area contributed by atoms with Gasteiger partial charge < -0.3 is 15.4 Å². The summed E-state index contributed by atoms with van der Waals surface area (Å²) in [5, 5.41) is 5.50. The fourth-order valence-electron chi connectivity index (χ4n) is 1.90. The lowest BCUT2D eigenvalue weighted by molar-refractivity contribution is 0.0927. The van der Waals surface area contributed by atoms with Gasteiger partial charge in [-0.05, 0) is 48.5 Å². The van der Waals surface area contributed by atoms with Gasteiger partial charge in [-0.25, -0.2) is 0 Å². The Kier molecular flexibility index (Phi) is 6.17. The van der Waals surface area contributed by atoms with Gasteiger partial charge in [-0.3, -0.25) is 9.59 Å². The number of carbonyl (C=O) groups excluding carboxylic acids is 2. The Balaban J connectivity index is 1.75. The largest absolute Gasteiger partial charge is 0.497 e. The van der Waals surface area contributed by atoms with E-state index in [4.69, 9.17) is 4.74 Å². The van der Waals surface area contributed by atoms with E-state index in [0.717, 1.165) is 4.47 Å². The van der Waals surface area contributed by atoms with Crippen LogP contribution in [0.3, 0.4) is 0 Å². The third-order valence-electron chi connectivity index (χ3n) is 3.15. The molecule has 0 spiro atoms. The molecule has 0 saturated carbocycles. The van der Waals surface area contributed by atoms with E-state index < -0.39 is 0 Å². The molecule has 2 N–H and O–H groups in total. The Morgan fingerprint density at radius 1 is 0.870 bits per heavy atom. The maximum atomic E-state index is 11.9. The van der Waals surface area contributed by atoms with Crippen molar-refractivity contribution in [1.82, 2.24) is 10.6 Å². The van der Waals surface area contributed by atoms with Crippen LogP contribution in [-0.2, 0) is 0 Å². The molecule has 6 heteroatoms. The third-order valence-corrected chi connectivity index (χ3v) is 3.68. The first-order chi connectivity index (χ1) is 11.1. The van der Waals surface area contributed by atoms with Crippen molar-refractivity contribution in [3.05, 3.63) is 64.1 Å². The zero-order valence-corrected chi connectivity index (χ0v) is 14.2. The molecule has 120 valence electrons. The van der Waals surface area contributed by atoms with E-state index in [1.54, 1.807) is 55.6 Å². The van der Waals surface area contributed by atoms with Crippen molar-refractivity contribution in [2.24, 2.45) is 0 Å². The SMILES string of the molecule is COc1ccc(C(=O)NCCNC(=O)c2ccc(Br)cc2)cc1. The number of carbonyl (C=O) groups is 2. The molecule has 0 unspecified atom stereocenters. The van der Waals surface area contributed by atoms with Gasteiger partial charge in [-0.1, -0.05) is 15.9 Å². The first-order valence-corrected chi connectivity index (χ1v) is 7.85. The van der Waals surface area contributed by atoms with Gasteiger partial charge in [0.05, 0.1) is 7.11 Å². The number of amides is 2. The van der Waals surface area contributed by atoms with Crippen LogP contribution in [0.25, 0.3) is 0 Å². The van der Waals surface area contributed by atoms with Gasteiger partial charge in [-0.2, -0.15) is 0 Å². The topological polar surface area (TPSA) is 67.4 Å². The first kappa shape index (κ1) is 17.0. The number of methoxy groups -OCH3 is 1. The van der Waals surface area contributed by atoms with Gasteiger partial charge in [0.15, 0.2) is 0 Å². The molecule has 0 radical (unpaired) electrons. The maximum Gasteiger partial charge on any atom is 0.251 e. The Hall–Kier alpha value is -2.34. The number of nitrogens with one attached hydrogen (secondary N) is 2. The van der Waals surface area contributed by atoms with E-state index >= 15 is 0 Å². The van der Waals surface area contributed by atoms with Gasteiger partial charge >= 0.3 is 0 Å². The van der Waals surface area contributed by atoms with Crippen molar-refractivity contribution in [2.75, 3.05) is 20.2 Å². The van der Waals surface area contributed by atoms with E-state index in [1.807, 2.05) is 0 Å². The number of hydrogen-bond acceptors (Lipinski definition) is 3. The summed E-state index contributed by atoms with van der Waals surface area (Å²) < 4.78 is 5.96. The van der Waals surface area contributed by atoms with Crippen molar-refractivity contribution in [3.8, 4) is 5.75 Å². The highest BCUT2D eigenvalue weighted by Crippen LogP contribution is 2.11. The van der Waals surface area contributed by atoms with Crippen molar-refractivity contribution in [1.29, 1.82) is 0 Å². The van der Waals surface area contributed by atoms with Gasteiger partial charge in [0.25, 0.3) is 11.8 Å². The second-order valence-corrected chi connectivity index (χ2v) is 5.66. The van der Waals surface area contributed by atoms with Gasteiger partial charge in [0, 0.05) is 28.7 Å². The highest BCUT2D eigenvalue weighted by molar-refractivity contribution is 9.10. The zero-order valence-electron chi connectivity index (χ0n) is 12.6. The molecule has 23 heavy (non-hydrogen) atoms. The van der Waals surface area contributed by atoms with E-state index in [0.29, 0.717) is 30.0 Å². The van der Waals surface area contributed by atoms with Crippen LogP contribution in [0.1, 0.15) is 20.7 Å². The lowest BCUT2D eigenvalue weighted by Crippen LogP contribution is -2.34. The van der Waals surface area contributed by atoms with Crippen LogP contribution < -0.4 is 15.4 Å². The molecular formula is C17H17BrN2O3. The second-order valence-electron chi connectivity index (χ2n) is 4.75. The minimum absolute atomic E-state index is 0.170. The number of benzene rings is 2. The molecule has 0 heterocycles. The van der Waals surface area contributed by atoms with Crippen molar-refractivity contribution >= 4 is 27.7 Å². The Labute approximate surface area is 143 Å². The predicted octanol–water partition coefficient (Wildman–Crippen LogP) is 2.62. The summed E-state index contributed by atoms with van der Waals surface area (Å²) in [6.07, 6.45) is 0. The fraction of sp³-hybridized carbons (Fsp3) is 0.176. The summed E-state index contributed by atoms with van der Waals surface area (Å²) in [5.74, 6) is 0.338. The highest BCUT2D eigenvalue weighted by Gasteiger charge is 2.06. The molecular weight excluding hydrogens is 360 g/mol. The van der Waals surface area contributed by atoms with Crippen LogP contribution in [0, 0.1) is 0 Å². The lowest BCUT2D eigenvalue weighted by atomic mass is 10.2. The molecule has 0 aliphatic rings. The molecule has 0 aliphatic carbocycles. The molecule has 0 fully saturated rings. The van der Waals surface area contributed by atoms with E-state index in [-0.39, 0.29) is 11.8 Å². The van der Waals surface area contributed by atoms with Crippen LogP contribution in [-0.4, -0.2) is 32.0 Å². The summed E-state index contributed by atoms with van der Waals surface area (Å²) in [7, 11) is 1.57. The quantitative estimate of drug-likeness (QED) is 0.761. The molecule has 5 nitrogen and oxygen atoms in total. The number of ether oxygens (including phenoxy) is 1. The maximum absolute atomic E-state index is 11.9. The van der Waals surface area contributed by atoms with Crippen LogP contribution in [0.4, 0.5) is 0 Å². The Bertz CT molecular complexity index is 669. The Morgan fingerprint density at radius 2 is 1.30 bits per heavy atom. The molecule has 2 aromatic rings. The summed E-state index contributed by atoms with van der Waals surface area (Å²) in [4.78, 5) is 23.8. The van der Waals surface area contributed by atoms with E-state index in [2.05, 4.69) is 26.6 Å². The highest BCUT2D eigenvalue weighted by atomic mass is 79.9. The standard InChI is InChI=1S/C17H17BrN2O3/c1-23-15-8-4-13(5-9-15)17(22)20-11-10-19-16(21)12-2-6-14(18)7-3-12/h2-9H,10-11H2,1H3,(H,19,21)(H,20,22). The number of rotatable bonds is 6. The normalized spacial score (nSPS) is 10.0. The summed E-state index contributed by atoms with van der Waals surface area (Å²) in [6.45, 7) is 0.712. The minimum atomic E-state index is -0.189.